The van der Waals surface area contributed by atoms with E-state index in [0.717, 1.165) is 17.7 Å². The van der Waals surface area contributed by atoms with E-state index in [4.69, 9.17) is 9.47 Å². The van der Waals surface area contributed by atoms with Crippen LogP contribution in [0.3, 0.4) is 0 Å². The molecule has 0 heterocycles. The summed E-state index contributed by atoms with van der Waals surface area (Å²) >= 11 is 0. The van der Waals surface area contributed by atoms with Crippen LogP contribution in [0.15, 0.2) is 42.5 Å². The van der Waals surface area contributed by atoms with Crippen LogP contribution in [0.25, 0.3) is 0 Å². The largest absolute Gasteiger partial charge is 0.466 e. The third-order valence-electron chi connectivity index (χ3n) is 3.31. The minimum absolute atomic E-state index is 0.107. The Kier molecular flexibility index (Phi) is 9.92. The fraction of sp³-hybridized carbons (Fsp3) is 0.368. The van der Waals surface area contributed by atoms with Crippen molar-refractivity contribution in [1.29, 1.82) is 0 Å². The molecule has 0 aliphatic rings. The summed E-state index contributed by atoms with van der Waals surface area (Å²) in [5.74, 6) is -2.34. The van der Waals surface area contributed by atoms with E-state index < -0.39 is 17.9 Å². The van der Waals surface area contributed by atoms with E-state index in [2.05, 4.69) is 4.74 Å². The molecular weight excluding hydrogens is 354 g/mol. The number of carbonyl (C=O) groups is 4. The Morgan fingerprint density at radius 3 is 2.30 bits per heavy atom. The number of hydrogen-bond acceptors (Lipinski definition) is 7. The van der Waals surface area contributed by atoms with Gasteiger partial charge in [-0.1, -0.05) is 30.3 Å². The van der Waals surface area contributed by atoms with E-state index in [1.54, 1.807) is 6.92 Å². The highest BCUT2D eigenvalue weighted by Crippen LogP contribution is 2.07. The lowest BCUT2D eigenvalue weighted by Gasteiger charge is -2.22. The second-order valence-electron chi connectivity index (χ2n) is 5.31. The first kappa shape index (κ1) is 21.9. The SMILES string of the molecule is CCOC(=O)CN(Cc1ccccc1)C(=O)CCOC(=O)/C=C/C(=O)OC. The number of rotatable bonds is 10. The van der Waals surface area contributed by atoms with Crippen LogP contribution in [0, 0.1) is 0 Å². The van der Waals surface area contributed by atoms with Crippen LogP contribution in [0.5, 0.6) is 0 Å². The molecule has 8 heteroatoms. The lowest BCUT2D eigenvalue weighted by Crippen LogP contribution is -2.36. The Hall–Kier alpha value is -3.16. The molecule has 0 saturated carbocycles. The summed E-state index contributed by atoms with van der Waals surface area (Å²) in [6, 6.07) is 9.18. The summed E-state index contributed by atoms with van der Waals surface area (Å²) in [4.78, 5) is 47.9. The van der Waals surface area contributed by atoms with Crippen LogP contribution < -0.4 is 0 Å². The number of ether oxygens (including phenoxy) is 3. The van der Waals surface area contributed by atoms with Gasteiger partial charge in [0, 0.05) is 18.7 Å². The molecule has 0 spiro atoms. The molecule has 0 aliphatic carbocycles. The Labute approximate surface area is 157 Å². The maximum absolute atomic E-state index is 12.4. The molecule has 0 aliphatic heterocycles. The molecule has 0 bridgehead atoms. The van der Waals surface area contributed by atoms with Gasteiger partial charge < -0.3 is 19.1 Å². The average molecular weight is 377 g/mol. The predicted octanol–water partition coefficient (Wildman–Crippen LogP) is 1.24. The minimum atomic E-state index is -0.770. The average Bonchev–Trinajstić information content (AvgIpc) is 2.66. The molecule has 0 unspecified atom stereocenters. The van der Waals surface area contributed by atoms with Gasteiger partial charge in [0.05, 0.1) is 20.1 Å². The first-order valence-electron chi connectivity index (χ1n) is 8.36. The van der Waals surface area contributed by atoms with Gasteiger partial charge in [-0.25, -0.2) is 9.59 Å². The fourth-order valence-electron chi connectivity index (χ4n) is 2.05. The molecule has 1 amide bonds. The molecule has 0 atom stereocenters. The van der Waals surface area contributed by atoms with Gasteiger partial charge in [-0.2, -0.15) is 0 Å². The van der Waals surface area contributed by atoms with Gasteiger partial charge in [-0.15, -0.1) is 0 Å². The van der Waals surface area contributed by atoms with Gasteiger partial charge in [0.1, 0.15) is 13.2 Å². The fourth-order valence-corrected chi connectivity index (χ4v) is 2.05. The lowest BCUT2D eigenvalue weighted by molar-refractivity contribution is -0.150. The minimum Gasteiger partial charge on any atom is -0.466 e. The van der Waals surface area contributed by atoms with Crippen LogP contribution in [0.2, 0.25) is 0 Å². The number of methoxy groups -OCH3 is 1. The van der Waals surface area contributed by atoms with Crippen LogP contribution in [-0.2, 0) is 39.9 Å². The summed E-state index contributed by atoms with van der Waals surface area (Å²) in [6.45, 7) is 1.75. The van der Waals surface area contributed by atoms with Gasteiger partial charge in [0.2, 0.25) is 5.91 Å². The van der Waals surface area contributed by atoms with Crippen molar-refractivity contribution in [3.05, 3.63) is 48.0 Å². The van der Waals surface area contributed by atoms with E-state index in [-0.39, 0.29) is 38.6 Å². The Balaban J connectivity index is 2.59. The standard InChI is InChI=1S/C19H23NO7/c1-3-26-19(24)14-20(13-15-7-5-4-6-8-15)16(21)11-12-27-18(23)10-9-17(22)25-2/h4-10H,3,11-14H2,1-2H3/b10-9+. The van der Waals surface area contributed by atoms with Crippen LogP contribution in [0.1, 0.15) is 18.9 Å². The van der Waals surface area contributed by atoms with Crippen molar-refractivity contribution in [1.82, 2.24) is 4.90 Å². The maximum Gasteiger partial charge on any atom is 0.331 e. The van der Waals surface area contributed by atoms with E-state index in [0.29, 0.717) is 0 Å². The van der Waals surface area contributed by atoms with Gasteiger partial charge in [-0.05, 0) is 12.5 Å². The molecule has 0 aromatic heterocycles. The normalized spacial score (nSPS) is 10.3. The smallest absolute Gasteiger partial charge is 0.331 e. The highest BCUT2D eigenvalue weighted by molar-refractivity contribution is 5.91. The molecule has 146 valence electrons. The monoisotopic (exact) mass is 377 g/mol. The highest BCUT2D eigenvalue weighted by Gasteiger charge is 2.18. The predicted molar refractivity (Wildman–Crippen MR) is 95.2 cm³/mol. The van der Waals surface area contributed by atoms with E-state index in [1.807, 2.05) is 30.3 Å². The molecular formula is C19H23NO7. The highest BCUT2D eigenvalue weighted by atomic mass is 16.5. The topological polar surface area (TPSA) is 99.2 Å². The van der Waals surface area contributed by atoms with Crippen LogP contribution in [-0.4, -0.2) is 55.6 Å². The summed E-state index contributed by atoms with van der Waals surface area (Å²) in [7, 11) is 1.18. The van der Waals surface area contributed by atoms with Crippen LogP contribution in [0.4, 0.5) is 0 Å². The zero-order valence-electron chi connectivity index (χ0n) is 15.4. The van der Waals surface area contributed by atoms with Gasteiger partial charge in [0.25, 0.3) is 0 Å². The molecule has 1 aromatic carbocycles. The Morgan fingerprint density at radius 1 is 1.00 bits per heavy atom. The van der Waals surface area contributed by atoms with Crippen molar-refractivity contribution in [3.8, 4) is 0 Å². The van der Waals surface area contributed by atoms with Crippen molar-refractivity contribution in [2.75, 3.05) is 26.9 Å². The summed E-state index contributed by atoms with van der Waals surface area (Å²) in [5, 5.41) is 0. The van der Waals surface area contributed by atoms with E-state index >= 15 is 0 Å². The quantitative estimate of drug-likeness (QED) is 0.344. The second-order valence-corrected chi connectivity index (χ2v) is 5.31. The molecule has 0 saturated heterocycles. The second kappa shape index (κ2) is 12.2. The molecule has 8 nitrogen and oxygen atoms in total. The molecule has 0 fully saturated rings. The number of nitrogens with zero attached hydrogens (tertiary/aromatic N) is 1. The molecule has 1 aromatic rings. The molecule has 27 heavy (non-hydrogen) atoms. The molecule has 1 rings (SSSR count). The van der Waals surface area contributed by atoms with Crippen molar-refractivity contribution in [2.24, 2.45) is 0 Å². The number of benzene rings is 1. The van der Waals surface area contributed by atoms with Crippen LogP contribution >= 0.6 is 0 Å². The van der Waals surface area contributed by atoms with Crippen molar-refractivity contribution in [3.63, 3.8) is 0 Å². The third-order valence-corrected chi connectivity index (χ3v) is 3.31. The maximum atomic E-state index is 12.4. The molecule has 0 N–H and O–H groups in total. The van der Waals surface area contributed by atoms with Crippen molar-refractivity contribution in [2.45, 2.75) is 19.9 Å². The lowest BCUT2D eigenvalue weighted by atomic mass is 10.2. The van der Waals surface area contributed by atoms with Gasteiger partial charge >= 0.3 is 17.9 Å². The number of carbonyl (C=O) groups excluding carboxylic acids is 4. The zero-order valence-corrected chi connectivity index (χ0v) is 15.4. The van der Waals surface area contributed by atoms with Gasteiger partial charge in [0.15, 0.2) is 0 Å². The number of amides is 1. The Morgan fingerprint density at radius 2 is 1.67 bits per heavy atom. The number of esters is 3. The first-order chi connectivity index (χ1) is 13.0. The third kappa shape index (κ3) is 9.20. The van der Waals surface area contributed by atoms with E-state index in [9.17, 15) is 19.2 Å². The molecule has 0 radical (unpaired) electrons. The van der Waals surface area contributed by atoms with Crippen molar-refractivity contribution < 1.29 is 33.4 Å². The Bertz CT molecular complexity index is 670. The first-order valence-corrected chi connectivity index (χ1v) is 8.36. The van der Waals surface area contributed by atoms with E-state index in [1.165, 1.54) is 12.0 Å². The summed E-state index contributed by atoms with van der Waals surface area (Å²) in [5.41, 5.74) is 0.855. The zero-order chi connectivity index (χ0) is 20.1. The van der Waals surface area contributed by atoms with Gasteiger partial charge in [-0.3, -0.25) is 9.59 Å². The summed E-state index contributed by atoms with van der Waals surface area (Å²) < 4.78 is 14.1. The van der Waals surface area contributed by atoms with Crippen molar-refractivity contribution >= 4 is 23.8 Å². The number of hydrogen-bond donors (Lipinski definition) is 0. The summed E-state index contributed by atoms with van der Waals surface area (Å²) in [6.07, 6.45) is 1.73.